The maximum atomic E-state index is 12.9. The second kappa shape index (κ2) is 6.60. The van der Waals surface area contributed by atoms with E-state index in [9.17, 15) is 9.18 Å². The van der Waals surface area contributed by atoms with Crippen LogP contribution in [-0.4, -0.2) is 59.4 Å². The Kier molecular flexibility index (Phi) is 4.32. The van der Waals surface area contributed by atoms with Gasteiger partial charge in [-0.05, 0) is 19.3 Å². The highest BCUT2D eigenvalue weighted by Crippen LogP contribution is 2.35. The van der Waals surface area contributed by atoms with Gasteiger partial charge in [-0.3, -0.25) is 9.63 Å². The van der Waals surface area contributed by atoms with Gasteiger partial charge in [-0.15, -0.1) is 0 Å². The molecule has 0 radical (unpaired) electrons. The predicted octanol–water partition coefficient (Wildman–Crippen LogP) is 1.15. The molecule has 7 nitrogen and oxygen atoms in total. The van der Waals surface area contributed by atoms with Crippen molar-refractivity contribution in [2.45, 2.75) is 37.9 Å². The predicted molar refractivity (Wildman–Crippen MR) is 82.5 cm³/mol. The molecule has 8 heteroatoms. The van der Waals surface area contributed by atoms with E-state index in [1.54, 1.807) is 0 Å². The zero-order valence-electron chi connectivity index (χ0n) is 13.4. The van der Waals surface area contributed by atoms with E-state index in [0.717, 1.165) is 25.8 Å². The normalized spacial score (nSPS) is 29.8. The number of aromatic nitrogens is 2. The molecular weight excluding hydrogens is 315 g/mol. The molecule has 0 saturated carbocycles. The highest BCUT2D eigenvalue weighted by atomic mass is 19.1. The van der Waals surface area contributed by atoms with Gasteiger partial charge in [0, 0.05) is 25.6 Å². The SMILES string of the molecule is O=C(C[C@@H]1C[C@H]2CN(c3ncc(F)cn3)C[C@H]2O1)N1CCCCO1. The van der Waals surface area contributed by atoms with Crippen molar-refractivity contribution in [2.75, 3.05) is 31.1 Å². The van der Waals surface area contributed by atoms with Crippen LogP contribution >= 0.6 is 0 Å². The van der Waals surface area contributed by atoms with Crippen molar-refractivity contribution in [3.8, 4) is 0 Å². The van der Waals surface area contributed by atoms with Gasteiger partial charge >= 0.3 is 0 Å². The van der Waals surface area contributed by atoms with Crippen LogP contribution in [0, 0.1) is 11.7 Å². The van der Waals surface area contributed by atoms with E-state index in [4.69, 9.17) is 9.57 Å². The maximum absolute atomic E-state index is 12.9. The van der Waals surface area contributed by atoms with Gasteiger partial charge in [0.2, 0.25) is 11.9 Å². The molecule has 1 aromatic heterocycles. The molecule has 3 aliphatic heterocycles. The van der Waals surface area contributed by atoms with Crippen molar-refractivity contribution in [2.24, 2.45) is 5.92 Å². The number of hydroxylamine groups is 2. The van der Waals surface area contributed by atoms with Gasteiger partial charge < -0.3 is 9.64 Å². The second-order valence-corrected chi connectivity index (χ2v) is 6.64. The Hall–Kier alpha value is -1.80. The zero-order valence-corrected chi connectivity index (χ0v) is 13.4. The van der Waals surface area contributed by atoms with E-state index < -0.39 is 5.82 Å². The van der Waals surface area contributed by atoms with Gasteiger partial charge in [-0.1, -0.05) is 0 Å². The fourth-order valence-electron chi connectivity index (χ4n) is 3.72. The number of rotatable bonds is 3. The van der Waals surface area contributed by atoms with E-state index in [0.29, 0.717) is 38.0 Å². The van der Waals surface area contributed by atoms with Crippen molar-refractivity contribution in [1.82, 2.24) is 15.0 Å². The van der Waals surface area contributed by atoms with Crippen molar-refractivity contribution >= 4 is 11.9 Å². The van der Waals surface area contributed by atoms with Crippen LogP contribution in [0.3, 0.4) is 0 Å². The van der Waals surface area contributed by atoms with Crippen LogP contribution in [0.2, 0.25) is 0 Å². The maximum Gasteiger partial charge on any atom is 0.248 e. The highest BCUT2D eigenvalue weighted by Gasteiger charge is 2.43. The largest absolute Gasteiger partial charge is 0.372 e. The average molecular weight is 336 g/mol. The Morgan fingerprint density at radius 1 is 1.29 bits per heavy atom. The molecular formula is C16H21FN4O3. The molecule has 0 aliphatic carbocycles. The number of halogens is 1. The molecule has 130 valence electrons. The summed E-state index contributed by atoms with van der Waals surface area (Å²) >= 11 is 0. The van der Waals surface area contributed by atoms with E-state index in [1.165, 1.54) is 17.5 Å². The first kappa shape index (κ1) is 15.7. The van der Waals surface area contributed by atoms with Crippen molar-refractivity contribution in [3.05, 3.63) is 18.2 Å². The lowest BCUT2D eigenvalue weighted by Crippen LogP contribution is -2.37. The first-order valence-corrected chi connectivity index (χ1v) is 8.50. The minimum Gasteiger partial charge on any atom is -0.372 e. The van der Waals surface area contributed by atoms with Crippen LogP contribution in [0.5, 0.6) is 0 Å². The van der Waals surface area contributed by atoms with Crippen molar-refractivity contribution in [3.63, 3.8) is 0 Å². The van der Waals surface area contributed by atoms with E-state index in [1.807, 2.05) is 4.90 Å². The van der Waals surface area contributed by atoms with Crippen molar-refractivity contribution < 1.29 is 18.8 Å². The summed E-state index contributed by atoms with van der Waals surface area (Å²) in [6, 6.07) is 0. The Balaban J connectivity index is 1.29. The molecule has 1 aromatic rings. The lowest BCUT2D eigenvalue weighted by atomic mass is 10.0. The number of carbonyl (C=O) groups is 1. The molecule has 0 aromatic carbocycles. The van der Waals surface area contributed by atoms with Crippen LogP contribution in [0.15, 0.2) is 12.4 Å². The summed E-state index contributed by atoms with van der Waals surface area (Å²) in [6.07, 6.45) is 5.62. The van der Waals surface area contributed by atoms with Gasteiger partial charge in [-0.2, -0.15) is 0 Å². The summed E-state index contributed by atoms with van der Waals surface area (Å²) in [5.41, 5.74) is 0. The highest BCUT2D eigenvalue weighted by molar-refractivity contribution is 5.75. The lowest BCUT2D eigenvalue weighted by molar-refractivity contribution is -0.199. The minimum absolute atomic E-state index is 0.0124. The molecule has 24 heavy (non-hydrogen) atoms. The summed E-state index contributed by atoms with van der Waals surface area (Å²) in [4.78, 5) is 27.7. The first-order valence-electron chi connectivity index (χ1n) is 8.50. The molecule has 1 amide bonds. The molecule has 0 spiro atoms. The third-order valence-corrected chi connectivity index (χ3v) is 4.89. The van der Waals surface area contributed by atoms with Gasteiger partial charge in [0.15, 0.2) is 5.82 Å². The number of ether oxygens (including phenoxy) is 1. The molecule has 0 N–H and O–H groups in total. The number of fused-ring (bicyclic) bond motifs is 1. The van der Waals surface area contributed by atoms with E-state index in [2.05, 4.69) is 9.97 Å². The fraction of sp³-hybridized carbons (Fsp3) is 0.688. The van der Waals surface area contributed by atoms with Gasteiger partial charge in [-0.25, -0.2) is 19.4 Å². The summed E-state index contributed by atoms with van der Waals surface area (Å²) < 4.78 is 19.0. The number of hydrogen-bond donors (Lipinski definition) is 0. The van der Waals surface area contributed by atoms with Crippen LogP contribution in [-0.2, 0) is 14.4 Å². The Bertz CT molecular complexity index is 579. The zero-order chi connectivity index (χ0) is 16.5. The number of amides is 1. The number of carbonyl (C=O) groups excluding carboxylic acids is 1. The van der Waals surface area contributed by atoms with Gasteiger partial charge in [0.05, 0.1) is 37.6 Å². The summed E-state index contributed by atoms with van der Waals surface area (Å²) in [6.45, 7) is 2.76. The molecule has 4 rings (SSSR count). The van der Waals surface area contributed by atoms with Crippen LogP contribution < -0.4 is 4.90 Å². The standard InChI is InChI=1S/C16H21FN4O3/c17-12-7-18-16(19-8-12)20-9-11-5-13(24-14(11)10-20)6-15(22)21-3-1-2-4-23-21/h7-8,11,13-14H,1-6,9-10H2/t11-,13-,14+/m0/s1. The quantitative estimate of drug-likeness (QED) is 0.825. The Morgan fingerprint density at radius 2 is 2.12 bits per heavy atom. The number of nitrogens with zero attached hydrogens (tertiary/aromatic N) is 4. The first-order chi connectivity index (χ1) is 11.7. The molecule has 3 fully saturated rings. The third-order valence-electron chi connectivity index (χ3n) is 4.89. The number of anilines is 1. The third kappa shape index (κ3) is 3.21. The second-order valence-electron chi connectivity index (χ2n) is 6.64. The monoisotopic (exact) mass is 336 g/mol. The molecule has 0 unspecified atom stereocenters. The van der Waals surface area contributed by atoms with Crippen molar-refractivity contribution in [1.29, 1.82) is 0 Å². The molecule has 3 saturated heterocycles. The van der Waals surface area contributed by atoms with Crippen LogP contribution in [0.25, 0.3) is 0 Å². The molecule has 3 aliphatic rings. The molecule has 3 atom stereocenters. The molecule has 4 heterocycles. The van der Waals surface area contributed by atoms with Crippen LogP contribution in [0.4, 0.5) is 10.3 Å². The molecule has 0 bridgehead atoms. The Labute approximate surface area is 139 Å². The average Bonchev–Trinajstić information content (AvgIpc) is 3.14. The Morgan fingerprint density at radius 3 is 2.83 bits per heavy atom. The topological polar surface area (TPSA) is 67.8 Å². The minimum atomic E-state index is -0.437. The lowest BCUT2D eigenvalue weighted by Gasteiger charge is -2.27. The number of hydrogen-bond acceptors (Lipinski definition) is 6. The summed E-state index contributed by atoms with van der Waals surface area (Å²) in [5.74, 6) is 0.466. The fourth-order valence-corrected chi connectivity index (χ4v) is 3.72. The summed E-state index contributed by atoms with van der Waals surface area (Å²) in [5, 5.41) is 1.49. The van der Waals surface area contributed by atoms with E-state index >= 15 is 0 Å². The van der Waals surface area contributed by atoms with E-state index in [-0.39, 0.29) is 18.1 Å². The van der Waals surface area contributed by atoms with Gasteiger partial charge in [0.25, 0.3) is 0 Å². The van der Waals surface area contributed by atoms with Gasteiger partial charge in [0.1, 0.15) is 0 Å². The van der Waals surface area contributed by atoms with Crippen LogP contribution in [0.1, 0.15) is 25.7 Å². The summed E-state index contributed by atoms with van der Waals surface area (Å²) in [7, 11) is 0. The smallest absolute Gasteiger partial charge is 0.248 e.